The fourth-order valence-electron chi connectivity index (χ4n) is 2.42. The van der Waals surface area contributed by atoms with Crippen LogP contribution in [0.5, 0.6) is 0 Å². The molecule has 0 saturated heterocycles. The highest BCUT2D eigenvalue weighted by Crippen LogP contribution is 2.27. The summed E-state index contributed by atoms with van der Waals surface area (Å²) in [4.78, 5) is 0. The predicted molar refractivity (Wildman–Crippen MR) is 77.6 cm³/mol. The zero-order valence-electron chi connectivity index (χ0n) is 11.3. The Morgan fingerprint density at radius 1 is 0.944 bits per heavy atom. The standard InChI is InChI=1S/C17H22O/c1-13(2)7-5-12-17(18)16-11-6-9-14-8-3-4-10-15(14)16/h3-4,6,8-11,13,17-18H,5,7,12H2,1-2H3. The van der Waals surface area contributed by atoms with E-state index < -0.39 is 0 Å². The minimum Gasteiger partial charge on any atom is -0.388 e. The molecule has 0 fully saturated rings. The van der Waals surface area contributed by atoms with Crippen LogP contribution in [-0.4, -0.2) is 5.11 Å². The van der Waals surface area contributed by atoms with Gasteiger partial charge in [-0.2, -0.15) is 0 Å². The lowest BCUT2D eigenvalue weighted by molar-refractivity contribution is 0.163. The molecule has 0 aliphatic heterocycles. The lowest BCUT2D eigenvalue weighted by Gasteiger charge is -2.14. The molecule has 2 rings (SSSR count). The second kappa shape index (κ2) is 6.01. The Bertz CT molecular complexity index is 496. The van der Waals surface area contributed by atoms with Gasteiger partial charge in [-0.1, -0.05) is 69.2 Å². The summed E-state index contributed by atoms with van der Waals surface area (Å²) in [5.74, 6) is 0.713. The first kappa shape index (κ1) is 13.1. The first-order valence-electron chi connectivity index (χ1n) is 6.84. The lowest BCUT2D eigenvalue weighted by atomic mass is 9.96. The van der Waals surface area contributed by atoms with E-state index in [9.17, 15) is 5.11 Å². The van der Waals surface area contributed by atoms with Crippen molar-refractivity contribution in [3.63, 3.8) is 0 Å². The van der Waals surface area contributed by atoms with Gasteiger partial charge in [0, 0.05) is 0 Å². The minimum absolute atomic E-state index is 0.338. The maximum absolute atomic E-state index is 10.3. The predicted octanol–water partition coefficient (Wildman–Crippen LogP) is 4.70. The summed E-state index contributed by atoms with van der Waals surface area (Å²) in [5.41, 5.74) is 1.07. The van der Waals surface area contributed by atoms with Crippen LogP contribution in [0.15, 0.2) is 42.5 Å². The van der Waals surface area contributed by atoms with Crippen LogP contribution in [-0.2, 0) is 0 Å². The highest BCUT2D eigenvalue weighted by Gasteiger charge is 2.10. The molecule has 0 saturated carbocycles. The molecule has 2 aromatic rings. The van der Waals surface area contributed by atoms with E-state index in [1.165, 1.54) is 17.2 Å². The van der Waals surface area contributed by atoms with Crippen molar-refractivity contribution in [3.8, 4) is 0 Å². The van der Waals surface area contributed by atoms with E-state index in [2.05, 4.69) is 32.0 Å². The third-order valence-corrected chi connectivity index (χ3v) is 3.44. The zero-order valence-corrected chi connectivity index (χ0v) is 11.3. The van der Waals surface area contributed by atoms with Crippen LogP contribution in [0.4, 0.5) is 0 Å². The Kier molecular flexibility index (Phi) is 4.38. The van der Waals surface area contributed by atoms with Crippen molar-refractivity contribution in [1.29, 1.82) is 0 Å². The molecular weight excluding hydrogens is 220 g/mol. The van der Waals surface area contributed by atoms with Crippen LogP contribution in [0.1, 0.15) is 44.8 Å². The van der Waals surface area contributed by atoms with E-state index >= 15 is 0 Å². The van der Waals surface area contributed by atoms with Crippen LogP contribution in [0.3, 0.4) is 0 Å². The van der Waals surface area contributed by atoms with E-state index in [0.29, 0.717) is 5.92 Å². The first-order valence-corrected chi connectivity index (χ1v) is 6.84. The first-order chi connectivity index (χ1) is 8.68. The van der Waals surface area contributed by atoms with Crippen molar-refractivity contribution >= 4 is 10.8 Å². The zero-order chi connectivity index (χ0) is 13.0. The molecule has 1 atom stereocenters. The molecule has 1 N–H and O–H groups in total. The molecule has 2 aromatic carbocycles. The lowest BCUT2D eigenvalue weighted by Crippen LogP contribution is -1.99. The van der Waals surface area contributed by atoms with E-state index in [4.69, 9.17) is 0 Å². The second-order valence-electron chi connectivity index (χ2n) is 5.41. The molecule has 0 aromatic heterocycles. The number of fused-ring (bicyclic) bond motifs is 1. The SMILES string of the molecule is CC(C)CCCC(O)c1cccc2ccccc12. The number of benzene rings is 2. The molecule has 0 radical (unpaired) electrons. The van der Waals surface area contributed by atoms with Crippen molar-refractivity contribution in [1.82, 2.24) is 0 Å². The highest BCUT2D eigenvalue weighted by molar-refractivity contribution is 5.85. The van der Waals surface area contributed by atoms with Crippen molar-refractivity contribution < 1.29 is 5.11 Å². The summed E-state index contributed by atoms with van der Waals surface area (Å²) in [6.07, 6.45) is 2.78. The van der Waals surface area contributed by atoms with E-state index in [1.807, 2.05) is 24.3 Å². The van der Waals surface area contributed by atoms with Crippen molar-refractivity contribution in [2.75, 3.05) is 0 Å². The highest BCUT2D eigenvalue weighted by atomic mass is 16.3. The number of rotatable bonds is 5. The fraction of sp³-hybridized carbons (Fsp3) is 0.412. The number of hydrogen-bond acceptors (Lipinski definition) is 1. The van der Waals surface area contributed by atoms with Gasteiger partial charge in [-0.15, -0.1) is 0 Å². The van der Waals surface area contributed by atoms with Gasteiger partial charge in [0.15, 0.2) is 0 Å². The molecule has 0 spiro atoms. The van der Waals surface area contributed by atoms with Crippen LogP contribution >= 0.6 is 0 Å². The van der Waals surface area contributed by atoms with E-state index in [0.717, 1.165) is 18.4 Å². The molecule has 18 heavy (non-hydrogen) atoms. The number of aliphatic hydroxyl groups excluding tert-OH is 1. The van der Waals surface area contributed by atoms with Crippen LogP contribution < -0.4 is 0 Å². The Morgan fingerprint density at radius 2 is 1.67 bits per heavy atom. The van der Waals surface area contributed by atoms with Gasteiger partial charge in [-0.25, -0.2) is 0 Å². The largest absolute Gasteiger partial charge is 0.388 e. The molecule has 0 aliphatic carbocycles. The van der Waals surface area contributed by atoms with Crippen molar-refractivity contribution in [2.24, 2.45) is 5.92 Å². The average molecular weight is 242 g/mol. The maximum Gasteiger partial charge on any atom is 0.0796 e. The summed E-state index contributed by atoms with van der Waals surface area (Å²) < 4.78 is 0. The fourth-order valence-corrected chi connectivity index (χ4v) is 2.42. The topological polar surface area (TPSA) is 20.2 Å². The third-order valence-electron chi connectivity index (χ3n) is 3.44. The summed E-state index contributed by atoms with van der Waals surface area (Å²) in [6, 6.07) is 14.4. The third kappa shape index (κ3) is 3.11. The molecule has 0 heterocycles. The van der Waals surface area contributed by atoms with Gasteiger partial charge < -0.3 is 5.11 Å². The number of hydrogen-bond donors (Lipinski definition) is 1. The van der Waals surface area contributed by atoms with Crippen molar-refractivity contribution in [3.05, 3.63) is 48.0 Å². The van der Waals surface area contributed by atoms with Gasteiger partial charge in [0.25, 0.3) is 0 Å². The molecule has 1 nitrogen and oxygen atoms in total. The molecule has 1 heteroatoms. The molecule has 0 bridgehead atoms. The van der Waals surface area contributed by atoms with Gasteiger partial charge in [-0.05, 0) is 28.7 Å². The summed E-state index contributed by atoms with van der Waals surface area (Å²) >= 11 is 0. The molecule has 96 valence electrons. The van der Waals surface area contributed by atoms with Crippen molar-refractivity contribution in [2.45, 2.75) is 39.2 Å². The van der Waals surface area contributed by atoms with Crippen LogP contribution in [0, 0.1) is 5.92 Å². The van der Waals surface area contributed by atoms with Gasteiger partial charge in [0.1, 0.15) is 0 Å². The molecule has 1 unspecified atom stereocenters. The summed E-state index contributed by atoms with van der Waals surface area (Å²) in [5, 5.41) is 12.7. The molecule has 0 aliphatic rings. The Labute approximate surface area is 109 Å². The van der Waals surface area contributed by atoms with Crippen LogP contribution in [0.25, 0.3) is 10.8 Å². The summed E-state index contributed by atoms with van der Waals surface area (Å²) in [7, 11) is 0. The maximum atomic E-state index is 10.3. The Balaban J connectivity index is 2.15. The van der Waals surface area contributed by atoms with Gasteiger partial charge in [0.05, 0.1) is 6.10 Å². The molecular formula is C17H22O. The smallest absolute Gasteiger partial charge is 0.0796 e. The number of aliphatic hydroxyl groups is 1. The Morgan fingerprint density at radius 3 is 2.44 bits per heavy atom. The van der Waals surface area contributed by atoms with Crippen LogP contribution in [0.2, 0.25) is 0 Å². The van der Waals surface area contributed by atoms with E-state index in [1.54, 1.807) is 0 Å². The normalized spacial score (nSPS) is 13.1. The Hall–Kier alpha value is -1.34. The van der Waals surface area contributed by atoms with Gasteiger partial charge in [-0.3, -0.25) is 0 Å². The quantitative estimate of drug-likeness (QED) is 0.805. The second-order valence-corrected chi connectivity index (χ2v) is 5.41. The van der Waals surface area contributed by atoms with Gasteiger partial charge in [0.2, 0.25) is 0 Å². The van der Waals surface area contributed by atoms with E-state index in [-0.39, 0.29) is 6.10 Å². The molecule has 0 amide bonds. The monoisotopic (exact) mass is 242 g/mol. The van der Waals surface area contributed by atoms with Gasteiger partial charge >= 0.3 is 0 Å². The minimum atomic E-state index is -0.338. The average Bonchev–Trinajstić information content (AvgIpc) is 2.37. The summed E-state index contributed by atoms with van der Waals surface area (Å²) in [6.45, 7) is 4.45.